The van der Waals surface area contributed by atoms with Gasteiger partial charge in [-0.2, -0.15) is 0 Å². The van der Waals surface area contributed by atoms with Crippen molar-refractivity contribution in [2.45, 2.75) is 19.4 Å². The van der Waals surface area contributed by atoms with E-state index in [1.54, 1.807) is 18.3 Å². The number of aromatic nitrogens is 3. The summed E-state index contributed by atoms with van der Waals surface area (Å²) < 4.78 is 2.57. The molecule has 130 valence electrons. The van der Waals surface area contributed by atoms with Crippen LogP contribution in [0.1, 0.15) is 28.0 Å². The number of thiazole rings is 1. The molecule has 0 fully saturated rings. The number of hydrogen-bond acceptors (Lipinski definition) is 4. The normalized spacial score (nSPS) is 12.1. The van der Waals surface area contributed by atoms with E-state index in [0.29, 0.717) is 8.98 Å². The summed E-state index contributed by atoms with van der Waals surface area (Å²) in [4.78, 5) is 21.0. The SMILES string of the molecule is Cc1[nH]c(=S)sc1CC(=O)NC(c1ccc(Cl)cc1)c1nccn1C. The molecule has 1 amide bonds. The molecule has 0 spiro atoms. The van der Waals surface area contributed by atoms with Crippen molar-refractivity contribution in [3.8, 4) is 0 Å². The zero-order valence-corrected chi connectivity index (χ0v) is 16.1. The van der Waals surface area contributed by atoms with Crippen molar-refractivity contribution in [1.29, 1.82) is 0 Å². The minimum absolute atomic E-state index is 0.0868. The van der Waals surface area contributed by atoms with Crippen molar-refractivity contribution in [2.75, 3.05) is 0 Å². The van der Waals surface area contributed by atoms with Gasteiger partial charge >= 0.3 is 0 Å². The molecule has 25 heavy (non-hydrogen) atoms. The van der Waals surface area contributed by atoms with E-state index in [1.807, 2.05) is 36.9 Å². The first kappa shape index (κ1) is 17.8. The second-order valence-electron chi connectivity index (χ2n) is 5.69. The van der Waals surface area contributed by atoms with E-state index in [4.69, 9.17) is 23.8 Å². The van der Waals surface area contributed by atoms with Crippen LogP contribution in [0.5, 0.6) is 0 Å². The van der Waals surface area contributed by atoms with Gasteiger partial charge in [0.05, 0.1) is 6.42 Å². The first-order valence-electron chi connectivity index (χ1n) is 7.64. The Morgan fingerprint density at radius 3 is 2.72 bits per heavy atom. The third-order valence-corrected chi connectivity index (χ3v) is 5.46. The lowest BCUT2D eigenvalue weighted by Crippen LogP contribution is -2.32. The van der Waals surface area contributed by atoms with E-state index < -0.39 is 0 Å². The third kappa shape index (κ3) is 4.18. The Balaban J connectivity index is 1.86. The highest BCUT2D eigenvalue weighted by molar-refractivity contribution is 7.73. The van der Waals surface area contributed by atoms with Crippen LogP contribution in [0.25, 0.3) is 0 Å². The van der Waals surface area contributed by atoms with E-state index in [1.165, 1.54) is 11.3 Å². The van der Waals surface area contributed by atoms with Gasteiger partial charge < -0.3 is 14.9 Å². The largest absolute Gasteiger partial charge is 0.342 e. The zero-order chi connectivity index (χ0) is 18.0. The molecule has 0 bridgehead atoms. The summed E-state index contributed by atoms with van der Waals surface area (Å²) in [7, 11) is 1.90. The lowest BCUT2D eigenvalue weighted by Gasteiger charge is -2.19. The van der Waals surface area contributed by atoms with Crippen molar-refractivity contribution in [3.63, 3.8) is 0 Å². The fraction of sp³-hybridized carbons (Fsp3) is 0.235. The fourth-order valence-corrected chi connectivity index (χ4v) is 3.99. The maximum Gasteiger partial charge on any atom is 0.226 e. The van der Waals surface area contributed by atoms with Gasteiger partial charge in [-0.1, -0.05) is 23.7 Å². The molecule has 0 radical (unpaired) electrons. The topological polar surface area (TPSA) is 62.7 Å². The lowest BCUT2D eigenvalue weighted by atomic mass is 10.1. The highest BCUT2D eigenvalue weighted by atomic mass is 35.5. The summed E-state index contributed by atoms with van der Waals surface area (Å²) in [5, 5.41) is 3.72. The molecule has 5 nitrogen and oxygen atoms in total. The van der Waals surface area contributed by atoms with Crippen molar-refractivity contribution in [3.05, 3.63) is 67.6 Å². The molecule has 1 atom stereocenters. The van der Waals surface area contributed by atoms with Crippen molar-refractivity contribution in [2.24, 2.45) is 7.05 Å². The van der Waals surface area contributed by atoms with Gasteiger partial charge in [0.15, 0.2) is 3.95 Å². The predicted molar refractivity (Wildman–Crippen MR) is 103 cm³/mol. The number of benzene rings is 1. The Bertz CT molecular complexity index is 942. The van der Waals surface area contributed by atoms with Gasteiger partial charge in [-0.05, 0) is 36.8 Å². The number of carbonyl (C=O) groups is 1. The highest BCUT2D eigenvalue weighted by Crippen LogP contribution is 2.23. The van der Waals surface area contributed by atoms with Crippen LogP contribution in [0.3, 0.4) is 0 Å². The second kappa shape index (κ2) is 7.51. The molecule has 2 N–H and O–H groups in total. The number of aryl methyl sites for hydroxylation is 2. The maximum absolute atomic E-state index is 12.6. The minimum atomic E-state index is -0.350. The maximum atomic E-state index is 12.6. The number of rotatable bonds is 5. The minimum Gasteiger partial charge on any atom is -0.342 e. The van der Waals surface area contributed by atoms with Crippen LogP contribution in [-0.4, -0.2) is 20.4 Å². The number of halogens is 1. The number of amides is 1. The highest BCUT2D eigenvalue weighted by Gasteiger charge is 2.21. The summed E-state index contributed by atoms with van der Waals surface area (Å²) in [6, 6.07) is 7.06. The molecule has 3 aromatic rings. The summed E-state index contributed by atoms with van der Waals surface area (Å²) in [5.41, 5.74) is 1.86. The zero-order valence-electron chi connectivity index (χ0n) is 13.7. The van der Waals surface area contributed by atoms with Crippen LogP contribution in [0.4, 0.5) is 0 Å². The smallest absolute Gasteiger partial charge is 0.226 e. The van der Waals surface area contributed by atoms with E-state index in [-0.39, 0.29) is 18.4 Å². The molecule has 0 saturated heterocycles. The van der Waals surface area contributed by atoms with Gasteiger partial charge in [0.2, 0.25) is 5.91 Å². The molecule has 0 aliphatic heterocycles. The van der Waals surface area contributed by atoms with Crippen molar-refractivity contribution in [1.82, 2.24) is 19.9 Å². The number of imidazole rings is 1. The van der Waals surface area contributed by atoms with Gasteiger partial charge in [-0.15, -0.1) is 11.3 Å². The number of nitrogens with one attached hydrogen (secondary N) is 2. The van der Waals surface area contributed by atoms with Gasteiger partial charge in [-0.3, -0.25) is 4.79 Å². The monoisotopic (exact) mass is 392 g/mol. The Kier molecular flexibility index (Phi) is 5.36. The molecular formula is C17H17ClN4OS2. The second-order valence-corrected chi connectivity index (χ2v) is 7.90. The standard InChI is InChI=1S/C17H17ClN4OS2/c1-10-13(25-17(24)20-10)9-14(23)21-15(16-19-7-8-22(16)2)11-3-5-12(18)6-4-11/h3-8,15H,9H2,1-2H3,(H,20,24)(H,21,23). The quantitative estimate of drug-likeness (QED) is 0.646. The average molecular weight is 393 g/mol. The number of H-pyrrole nitrogens is 1. The van der Waals surface area contributed by atoms with Crippen LogP contribution < -0.4 is 5.32 Å². The first-order valence-corrected chi connectivity index (χ1v) is 9.25. The van der Waals surface area contributed by atoms with Crippen molar-refractivity contribution >= 4 is 41.1 Å². The third-order valence-electron chi connectivity index (χ3n) is 3.87. The summed E-state index contributed by atoms with van der Waals surface area (Å²) in [5.74, 6) is 0.672. The van der Waals surface area contributed by atoms with Crippen LogP contribution >= 0.6 is 35.2 Å². The molecule has 1 aromatic carbocycles. The van der Waals surface area contributed by atoms with Crippen LogP contribution in [0, 0.1) is 10.9 Å². The molecule has 1 unspecified atom stereocenters. The van der Waals surface area contributed by atoms with Gasteiger partial charge in [0.1, 0.15) is 11.9 Å². The first-order chi connectivity index (χ1) is 11.9. The average Bonchev–Trinajstić information content (AvgIpc) is 3.11. The lowest BCUT2D eigenvalue weighted by molar-refractivity contribution is -0.121. The van der Waals surface area contributed by atoms with Gasteiger partial charge in [0.25, 0.3) is 0 Å². The summed E-state index contributed by atoms with van der Waals surface area (Å²) in [6.07, 6.45) is 3.84. The van der Waals surface area contributed by atoms with Crippen LogP contribution in [-0.2, 0) is 18.3 Å². The Morgan fingerprint density at radius 2 is 2.16 bits per heavy atom. The number of aromatic amines is 1. The van der Waals surface area contributed by atoms with E-state index in [0.717, 1.165) is 22.0 Å². The summed E-state index contributed by atoms with van der Waals surface area (Å²) in [6.45, 7) is 1.92. The van der Waals surface area contributed by atoms with Gasteiger partial charge in [0, 0.05) is 35.0 Å². The van der Waals surface area contributed by atoms with Crippen LogP contribution in [0.15, 0.2) is 36.7 Å². The number of hydrogen-bond donors (Lipinski definition) is 2. The molecule has 3 rings (SSSR count). The number of carbonyl (C=O) groups excluding carboxylic acids is 1. The Hall–Kier alpha value is -1.96. The molecule has 8 heteroatoms. The molecule has 0 saturated carbocycles. The van der Waals surface area contributed by atoms with Crippen molar-refractivity contribution < 1.29 is 4.79 Å². The van der Waals surface area contributed by atoms with Crippen LogP contribution in [0.2, 0.25) is 5.02 Å². The molecule has 2 heterocycles. The molecule has 2 aromatic heterocycles. The molecule has 0 aliphatic rings. The summed E-state index contributed by atoms with van der Waals surface area (Å²) >= 11 is 12.6. The van der Waals surface area contributed by atoms with E-state index in [2.05, 4.69) is 15.3 Å². The predicted octanol–water partition coefficient (Wildman–Crippen LogP) is 3.95. The Labute approximate surface area is 159 Å². The van der Waals surface area contributed by atoms with Gasteiger partial charge in [-0.25, -0.2) is 4.98 Å². The molecular weight excluding hydrogens is 376 g/mol. The van der Waals surface area contributed by atoms with E-state index >= 15 is 0 Å². The fourth-order valence-electron chi connectivity index (χ4n) is 2.57. The number of nitrogens with zero attached hydrogens (tertiary/aromatic N) is 2. The molecule has 0 aliphatic carbocycles. The Morgan fingerprint density at radius 1 is 1.44 bits per heavy atom. The van der Waals surface area contributed by atoms with E-state index in [9.17, 15) is 4.79 Å².